The number of nitrogens with zero attached hydrogens (tertiary/aromatic N) is 1. The highest BCUT2D eigenvalue weighted by Crippen LogP contribution is 2.28. The number of likely N-dealkylation sites (N-methyl/N-ethyl adjacent to an activating group) is 1. The van der Waals surface area contributed by atoms with Gasteiger partial charge in [-0.25, -0.2) is 4.39 Å². The summed E-state index contributed by atoms with van der Waals surface area (Å²) in [5, 5.41) is 3.69. The van der Waals surface area contributed by atoms with Crippen LogP contribution in [0.25, 0.3) is 0 Å². The van der Waals surface area contributed by atoms with Crippen molar-refractivity contribution in [2.75, 3.05) is 12.3 Å². The van der Waals surface area contributed by atoms with Crippen LogP contribution in [-0.4, -0.2) is 35.1 Å². The van der Waals surface area contributed by atoms with E-state index in [0.717, 1.165) is 5.56 Å². The van der Waals surface area contributed by atoms with Gasteiger partial charge in [0.25, 0.3) is 0 Å². The molecule has 0 aliphatic carbocycles. The molecule has 0 aliphatic heterocycles. The summed E-state index contributed by atoms with van der Waals surface area (Å²) in [6.07, 6.45) is 0.332. The first-order chi connectivity index (χ1) is 16.9. The van der Waals surface area contributed by atoms with Gasteiger partial charge in [-0.3, -0.25) is 9.59 Å². The van der Waals surface area contributed by atoms with Gasteiger partial charge in [-0.1, -0.05) is 77.8 Å². The van der Waals surface area contributed by atoms with Crippen molar-refractivity contribution in [1.29, 1.82) is 0 Å². The minimum Gasteiger partial charge on any atom is -0.355 e. The summed E-state index contributed by atoms with van der Waals surface area (Å²) in [6, 6.07) is 20.4. The highest BCUT2D eigenvalue weighted by molar-refractivity contribution is 7.99. The zero-order chi connectivity index (χ0) is 25.2. The van der Waals surface area contributed by atoms with Gasteiger partial charge in [-0.15, -0.1) is 11.8 Å². The molecule has 184 valence electrons. The lowest BCUT2D eigenvalue weighted by molar-refractivity contribution is -0.139. The lowest BCUT2D eigenvalue weighted by Gasteiger charge is -2.32. The average Bonchev–Trinajstić information content (AvgIpc) is 2.85. The van der Waals surface area contributed by atoms with E-state index in [1.807, 2.05) is 37.3 Å². The molecule has 0 spiro atoms. The Morgan fingerprint density at radius 2 is 1.63 bits per heavy atom. The van der Waals surface area contributed by atoms with Crippen molar-refractivity contribution in [2.24, 2.45) is 0 Å². The van der Waals surface area contributed by atoms with Crippen molar-refractivity contribution >= 4 is 46.8 Å². The topological polar surface area (TPSA) is 49.4 Å². The largest absolute Gasteiger partial charge is 0.355 e. The highest BCUT2D eigenvalue weighted by atomic mass is 35.5. The number of amides is 2. The van der Waals surface area contributed by atoms with E-state index in [4.69, 9.17) is 23.2 Å². The van der Waals surface area contributed by atoms with Crippen LogP contribution in [0.4, 0.5) is 4.39 Å². The molecule has 3 rings (SSSR count). The van der Waals surface area contributed by atoms with Crippen molar-refractivity contribution in [3.63, 3.8) is 0 Å². The summed E-state index contributed by atoms with van der Waals surface area (Å²) in [4.78, 5) is 28.2. The van der Waals surface area contributed by atoms with Gasteiger partial charge in [0.1, 0.15) is 11.9 Å². The maximum atomic E-state index is 14.0. The molecule has 0 bridgehead atoms. The third-order valence-electron chi connectivity index (χ3n) is 5.45. The average molecular weight is 533 g/mol. The van der Waals surface area contributed by atoms with Crippen molar-refractivity contribution in [2.45, 2.75) is 31.7 Å². The molecular weight excluding hydrogens is 506 g/mol. The van der Waals surface area contributed by atoms with Gasteiger partial charge in [0.05, 0.1) is 5.75 Å². The molecule has 0 aromatic heterocycles. The van der Waals surface area contributed by atoms with E-state index in [0.29, 0.717) is 39.9 Å². The fourth-order valence-electron chi connectivity index (χ4n) is 3.65. The lowest BCUT2D eigenvalue weighted by atomic mass is 10.0. The van der Waals surface area contributed by atoms with Gasteiger partial charge in [0.2, 0.25) is 11.8 Å². The zero-order valence-electron chi connectivity index (χ0n) is 19.3. The summed E-state index contributed by atoms with van der Waals surface area (Å²) in [5.74, 6) is -0.414. The van der Waals surface area contributed by atoms with Crippen LogP contribution in [0.15, 0.2) is 72.8 Å². The number of hydrogen-bond donors (Lipinski definition) is 1. The molecule has 35 heavy (non-hydrogen) atoms. The monoisotopic (exact) mass is 532 g/mol. The van der Waals surface area contributed by atoms with Crippen molar-refractivity contribution < 1.29 is 14.0 Å². The maximum Gasteiger partial charge on any atom is 0.243 e. The number of hydrogen-bond acceptors (Lipinski definition) is 3. The second-order valence-corrected chi connectivity index (χ2v) is 9.71. The molecule has 8 heteroatoms. The normalized spacial score (nSPS) is 11.7. The Morgan fingerprint density at radius 3 is 2.29 bits per heavy atom. The van der Waals surface area contributed by atoms with Gasteiger partial charge in [0.15, 0.2) is 0 Å². The Morgan fingerprint density at radius 1 is 0.971 bits per heavy atom. The van der Waals surface area contributed by atoms with Crippen LogP contribution in [0.1, 0.15) is 23.6 Å². The van der Waals surface area contributed by atoms with Crippen molar-refractivity contribution in [3.8, 4) is 0 Å². The second-order valence-electron chi connectivity index (χ2n) is 7.91. The summed E-state index contributed by atoms with van der Waals surface area (Å²) in [7, 11) is 0. The van der Waals surface area contributed by atoms with E-state index < -0.39 is 6.04 Å². The SMILES string of the molecule is CCNC(=O)C(Cc1ccccc1)N(Cc1c(Cl)cccc1Cl)C(=O)CSCc1ccccc1F. The molecule has 2 amide bonds. The molecule has 3 aromatic carbocycles. The maximum absolute atomic E-state index is 14.0. The number of carbonyl (C=O) groups excluding carboxylic acids is 2. The first-order valence-corrected chi connectivity index (χ1v) is 13.2. The van der Waals surface area contributed by atoms with E-state index in [1.165, 1.54) is 22.7 Å². The number of halogens is 3. The smallest absolute Gasteiger partial charge is 0.243 e. The van der Waals surface area contributed by atoms with Crippen molar-refractivity contribution in [3.05, 3.63) is 105 Å². The summed E-state index contributed by atoms with van der Waals surface area (Å²) in [5.41, 5.74) is 2.02. The van der Waals surface area contributed by atoms with Crippen LogP contribution in [0.5, 0.6) is 0 Å². The Labute approximate surface area is 219 Å². The van der Waals surface area contributed by atoms with Gasteiger partial charge in [-0.05, 0) is 36.2 Å². The molecule has 1 unspecified atom stereocenters. The molecule has 1 N–H and O–H groups in total. The third kappa shape index (κ3) is 7.72. The van der Waals surface area contributed by atoms with Crippen LogP contribution >= 0.6 is 35.0 Å². The Bertz CT molecular complexity index is 1130. The first-order valence-electron chi connectivity index (χ1n) is 11.3. The summed E-state index contributed by atoms with van der Waals surface area (Å²) < 4.78 is 14.0. The number of carbonyl (C=O) groups is 2. The Balaban J connectivity index is 1.88. The standard InChI is InChI=1S/C27H27Cl2FN2O2S/c1-2-31-27(34)25(15-19-9-4-3-5-10-19)32(16-21-22(28)12-8-13-23(21)29)26(33)18-35-17-20-11-6-7-14-24(20)30/h3-14,25H,2,15-18H2,1H3,(H,31,34). The first kappa shape index (κ1) is 27.1. The molecule has 0 radical (unpaired) electrons. The van der Waals surface area contributed by atoms with E-state index >= 15 is 0 Å². The number of nitrogens with one attached hydrogen (secondary N) is 1. The second kappa shape index (κ2) is 13.5. The number of thioether (sulfide) groups is 1. The van der Waals surface area contributed by atoms with Gasteiger partial charge in [0, 0.05) is 40.9 Å². The Hall–Kier alpha value is -2.54. The Kier molecular flexibility index (Phi) is 10.5. The number of benzene rings is 3. The van der Waals surface area contributed by atoms with E-state index in [2.05, 4.69) is 5.32 Å². The lowest BCUT2D eigenvalue weighted by Crippen LogP contribution is -2.51. The predicted octanol–water partition coefficient (Wildman–Crippen LogP) is 6.14. The molecule has 0 fully saturated rings. The molecule has 0 saturated carbocycles. The molecular formula is C27H27Cl2FN2O2S. The summed E-state index contributed by atoms with van der Waals surface area (Å²) >= 11 is 14.1. The van der Waals surface area contributed by atoms with Crippen LogP contribution in [-0.2, 0) is 28.3 Å². The molecule has 3 aromatic rings. The summed E-state index contributed by atoms with van der Waals surface area (Å²) in [6.45, 7) is 2.34. The minimum absolute atomic E-state index is 0.0705. The van der Waals surface area contributed by atoms with Crippen LogP contribution in [0, 0.1) is 5.82 Å². The molecule has 0 aliphatic rings. The quantitative estimate of drug-likeness (QED) is 0.322. The number of rotatable bonds is 11. The highest BCUT2D eigenvalue weighted by Gasteiger charge is 2.31. The van der Waals surface area contributed by atoms with Crippen LogP contribution in [0.2, 0.25) is 10.0 Å². The fourth-order valence-corrected chi connectivity index (χ4v) is 5.06. The van der Waals surface area contributed by atoms with Crippen molar-refractivity contribution in [1.82, 2.24) is 10.2 Å². The van der Waals surface area contributed by atoms with Gasteiger partial charge >= 0.3 is 0 Å². The van der Waals surface area contributed by atoms with E-state index in [1.54, 1.807) is 36.4 Å². The zero-order valence-corrected chi connectivity index (χ0v) is 21.7. The molecule has 4 nitrogen and oxygen atoms in total. The van der Waals surface area contributed by atoms with Gasteiger partial charge in [-0.2, -0.15) is 0 Å². The van der Waals surface area contributed by atoms with E-state index in [9.17, 15) is 14.0 Å². The minimum atomic E-state index is -0.772. The third-order valence-corrected chi connectivity index (χ3v) is 7.13. The molecule has 0 saturated heterocycles. The van der Waals surface area contributed by atoms with E-state index in [-0.39, 0.29) is 29.9 Å². The molecule has 0 heterocycles. The van der Waals surface area contributed by atoms with Crippen LogP contribution in [0.3, 0.4) is 0 Å². The predicted molar refractivity (Wildman–Crippen MR) is 142 cm³/mol. The van der Waals surface area contributed by atoms with Crippen LogP contribution < -0.4 is 5.32 Å². The van der Waals surface area contributed by atoms with Gasteiger partial charge < -0.3 is 10.2 Å². The molecule has 1 atom stereocenters. The fraction of sp³-hybridized carbons (Fsp3) is 0.259.